The molecule has 0 fully saturated rings. The molecule has 0 aliphatic carbocycles. The van der Waals surface area contributed by atoms with Gasteiger partial charge in [0.1, 0.15) is 0 Å². The van der Waals surface area contributed by atoms with Crippen LogP contribution in [0.4, 0.5) is 0 Å². The molecule has 0 saturated carbocycles. The zero-order chi connectivity index (χ0) is 30.2. The SMILES string of the molecule is CCCc1ccc(C(=O)O/C(=C(/OC(=O)c2ccc(CCC)cc2)c2c(C)cccc2C)c2c(C)cccc2C)cc1. The molecule has 4 nitrogen and oxygen atoms in total. The molecule has 42 heavy (non-hydrogen) atoms. The van der Waals surface area contributed by atoms with Crippen LogP contribution < -0.4 is 0 Å². The lowest BCUT2D eigenvalue weighted by molar-refractivity contribution is 0.0646. The summed E-state index contributed by atoms with van der Waals surface area (Å²) in [5.41, 5.74) is 8.23. The van der Waals surface area contributed by atoms with Crippen molar-refractivity contribution < 1.29 is 19.1 Å². The Morgan fingerprint density at radius 3 is 1.10 bits per heavy atom. The third-order valence-corrected chi connectivity index (χ3v) is 7.47. The Bertz CT molecular complexity index is 1430. The van der Waals surface area contributed by atoms with Crippen LogP contribution in [0.5, 0.6) is 0 Å². The lowest BCUT2D eigenvalue weighted by Gasteiger charge is -2.21. The van der Waals surface area contributed by atoms with E-state index in [-0.39, 0.29) is 11.5 Å². The number of aryl methyl sites for hydroxylation is 6. The van der Waals surface area contributed by atoms with Crippen LogP contribution in [0.2, 0.25) is 0 Å². The van der Waals surface area contributed by atoms with E-state index in [2.05, 4.69) is 13.8 Å². The van der Waals surface area contributed by atoms with Crippen LogP contribution in [-0.4, -0.2) is 11.9 Å². The van der Waals surface area contributed by atoms with Gasteiger partial charge in [0.25, 0.3) is 0 Å². The normalized spacial score (nSPS) is 11.6. The maximum absolute atomic E-state index is 13.7. The third kappa shape index (κ3) is 7.06. The number of rotatable bonds is 10. The van der Waals surface area contributed by atoms with Crippen molar-refractivity contribution in [2.24, 2.45) is 0 Å². The first-order valence-corrected chi connectivity index (χ1v) is 14.7. The minimum absolute atomic E-state index is 0.224. The summed E-state index contributed by atoms with van der Waals surface area (Å²) in [5, 5.41) is 0. The zero-order valence-corrected chi connectivity index (χ0v) is 25.5. The van der Waals surface area contributed by atoms with Crippen molar-refractivity contribution >= 4 is 23.5 Å². The first-order chi connectivity index (χ1) is 20.2. The fraction of sp³-hybridized carbons (Fsp3) is 0.263. The van der Waals surface area contributed by atoms with E-state index in [1.165, 1.54) is 0 Å². The summed E-state index contributed by atoms with van der Waals surface area (Å²) in [7, 11) is 0. The highest BCUT2D eigenvalue weighted by atomic mass is 16.6. The van der Waals surface area contributed by atoms with E-state index in [9.17, 15) is 9.59 Å². The molecule has 0 aliphatic heterocycles. The predicted octanol–water partition coefficient (Wildman–Crippen LogP) is 9.37. The van der Waals surface area contributed by atoms with Gasteiger partial charge in [-0.15, -0.1) is 0 Å². The van der Waals surface area contributed by atoms with Gasteiger partial charge in [-0.25, -0.2) is 9.59 Å². The summed E-state index contributed by atoms with van der Waals surface area (Å²) in [6.45, 7) is 12.1. The van der Waals surface area contributed by atoms with Crippen LogP contribution in [0, 0.1) is 27.7 Å². The minimum Gasteiger partial charge on any atom is -0.418 e. The van der Waals surface area contributed by atoms with E-state index in [0.29, 0.717) is 11.1 Å². The Balaban J connectivity index is 1.90. The topological polar surface area (TPSA) is 52.6 Å². The third-order valence-electron chi connectivity index (χ3n) is 7.47. The summed E-state index contributed by atoms with van der Waals surface area (Å²) >= 11 is 0. The quantitative estimate of drug-likeness (QED) is 0.110. The number of benzene rings is 4. The second kappa shape index (κ2) is 14.0. The fourth-order valence-electron chi connectivity index (χ4n) is 5.26. The number of carbonyl (C=O) groups excluding carboxylic acids is 2. The molecule has 4 aromatic carbocycles. The highest BCUT2D eigenvalue weighted by Gasteiger charge is 2.27. The summed E-state index contributed by atoms with van der Waals surface area (Å²) < 4.78 is 12.5. The first-order valence-electron chi connectivity index (χ1n) is 14.7. The zero-order valence-electron chi connectivity index (χ0n) is 25.5. The number of carbonyl (C=O) groups is 2. The second-order valence-corrected chi connectivity index (χ2v) is 10.9. The molecule has 216 valence electrons. The molecule has 4 rings (SSSR count). The van der Waals surface area contributed by atoms with E-state index in [1.807, 2.05) is 88.4 Å². The number of hydrogen-bond acceptors (Lipinski definition) is 4. The minimum atomic E-state index is -0.514. The molecule has 0 aromatic heterocycles. The Kier molecular flexibility index (Phi) is 10.1. The summed E-state index contributed by atoms with van der Waals surface area (Å²) in [5.74, 6) is -0.581. The van der Waals surface area contributed by atoms with Gasteiger partial charge in [0.2, 0.25) is 0 Å². The van der Waals surface area contributed by atoms with Crippen molar-refractivity contribution in [1.82, 2.24) is 0 Å². The maximum Gasteiger partial charge on any atom is 0.343 e. The van der Waals surface area contributed by atoms with Gasteiger partial charge in [0.05, 0.1) is 11.1 Å². The van der Waals surface area contributed by atoms with Crippen LogP contribution in [0.25, 0.3) is 11.5 Å². The molecule has 0 aliphatic rings. The molecule has 4 aromatic rings. The van der Waals surface area contributed by atoms with E-state index in [4.69, 9.17) is 9.47 Å². The van der Waals surface area contributed by atoms with Crippen LogP contribution in [0.15, 0.2) is 84.9 Å². The van der Waals surface area contributed by atoms with Gasteiger partial charge in [-0.05, 0) is 98.2 Å². The van der Waals surface area contributed by atoms with E-state index >= 15 is 0 Å². The smallest absolute Gasteiger partial charge is 0.343 e. The van der Waals surface area contributed by atoms with E-state index < -0.39 is 11.9 Å². The van der Waals surface area contributed by atoms with Crippen LogP contribution in [-0.2, 0) is 22.3 Å². The average molecular weight is 561 g/mol. The van der Waals surface area contributed by atoms with Gasteiger partial charge in [-0.2, -0.15) is 0 Å². The van der Waals surface area contributed by atoms with Crippen molar-refractivity contribution in [1.29, 1.82) is 0 Å². The van der Waals surface area contributed by atoms with Crippen LogP contribution in [0.1, 0.15) is 91.9 Å². The van der Waals surface area contributed by atoms with E-state index in [1.54, 1.807) is 24.3 Å². The summed E-state index contributed by atoms with van der Waals surface area (Å²) in [6, 6.07) is 26.8. The molecular formula is C38H40O4. The Labute approximate surface area is 250 Å². The molecular weight excluding hydrogens is 520 g/mol. The van der Waals surface area contributed by atoms with Crippen LogP contribution >= 0.6 is 0 Å². The molecule has 0 atom stereocenters. The second-order valence-electron chi connectivity index (χ2n) is 10.9. The Hall–Kier alpha value is -4.44. The molecule has 0 spiro atoms. The van der Waals surface area contributed by atoms with Gasteiger partial charge in [0.15, 0.2) is 11.5 Å². The monoisotopic (exact) mass is 560 g/mol. The number of esters is 2. The molecule has 0 saturated heterocycles. The van der Waals surface area contributed by atoms with Gasteiger partial charge in [-0.1, -0.05) is 87.4 Å². The summed E-state index contributed by atoms with van der Waals surface area (Å²) in [4.78, 5) is 27.4. The molecule has 0 amide bonds. The van der Waals surface area contributed by atoms with Crippen molar-refractivity contribution in [3.05, 3.63) is 141 Å². The first kappa shape index (κ1) is 30.5. The molecule has 0 bridgehead atoms. The van der Waals surface area contributed by atoms with Gasteiger partial charge in [0, 0.05) is 11.1 Å². The molecule has 4 heteroatoms. The van der Waals surface area contributed by atoms with Crippen molar-refractivity contribution in [2.45, 2.75) is 67.2 Å². The standard InChI is InChI=1S/C38H40O4/c1-7-11-29-17-21-31(22-18-29)37(39)41-35(33-25(3)13-9-14-26(33)4)36(34-27(5)15-10-16-28(34)6)42-38(40)32-23-19-30(12-8-2)20-24-32/h9-10,13-24H,7-8,11-12H2,1-6H3/b36-35+. The number of hydrogen-bond donors (Lipinski definition) is 0. The number of ether oxygens (including phenoxy) is 2. The fourth-order valence-corrected chi connectivity index (χ4v) is 5.26. The van der Waals surface area contributed by atoms with Gasteiger partial charge < -0.3 is 9.47 Å². The largest absolute Gasteiger partial charge is 0.418 e. The van der Waals surface area contributed by atoms with Crippen molar-refractivity contribution in [2.75, 3.05) is 0 Å². The maximum atomic E-state index is 13.7. The van der Waals surface area contributed by atoms with E-state index in [0.717, 1.165) is 70.2 Å². The highest BCUT2D eigenvalue weighted by molar-refractivity contribution is 6.02. The van der Waals surface area contributed by atoms with Crippen molar-refractivity contribution in [3.63, 3.8) is 0 Å². The summed E-state index contributed by atoms with van der Waals surface area (Å²) in [6.07, 6.45) is 3.92. The predicted molar refractivity (Wildman–Crippen MR) is 170 cm³/mol. The molecule has 0 unspecified atom stereocenters. The highest BCUT2D eigenvalue weighted by Crippen LogP contribution is 2.36. The van der Waals surface area contributed by atoms with Gasteiger partial charge >= 0.3 is 11.9 Å². The van der Waals surface area contributed by atoms with Crippen LogP contribution in [0.3, 0.4) is 0 Å². The van der Waals surface area contributed by atoms with Crippen molar-refractivity contribution in [3.8, 4) is 0 Å². The lowest BCUT2D eigenvalue weighted by Crippen LogP contribution is -2.13. The lowest BCUT2D eigenvalue weighted by atomic mass is 9.95. The van der Waals surface area contributed by atoms with Gasteiger partial charge in [-0.3, -0.25) is 0 Å². The Morgan fingerprint density at radius 1 is 0.500 bits per heavy atom. The Morgan fingerprint density at radius 2 is 0.810 bits per heavy atom. The molecule has 0 N–H and O–H groups in total. The molecule has 0 radical (unpaired) electrons. The molecule has 0 heterocycles. The average Bonchev–Trinajstić information content (AvgIpc) is 2.97.